The van der Waals surface area contributed by atoms with Crippen molar-refractivity contribution in [3.05, 3.63) is 51.2 Å². The summed E-state index contributed by atoms with van der Waals surface area (Å²) in [6.07, 6.45) is 4.54. The summed E-state index contributed by atoms with van der Waals surface area (Å²) < 4.78 is 7.73. The van der Waals surface area contributed by atoms with E-state index in [1.165, 1.54) is 5.57 Å². The second kappa shape index (κ2) is 9.92. The lowest BCUT2D eigenvalue weighted by atomic mass is 9.92. The van der Waals surface area contributed by atoms with Crippen LogP contribution in [0.5, 0.6) is 5.88 Å². The molecule has 1 heterocycles. The number of carbonyl (C=O) groups is 1. The van der Waals surface area contributed by atoms with Gasteiger partial charge in [-0.1, -0.05) is 37.4 Å². The number of unbranched alkanes of at least 4 members (excludes halogenated alkanes) is 1. The Morgan fingerprint density at radius 1 is 1.14 bits per heavy atom. The van der Waals surface area contributed by atoms with Crippen molar-refractivity contribution in [2.75, 3.05) is 6.61 Å². The van der Waals surface area contributed by atoms with Crippen molar-refractivity contribution < 1.29 is 9.53 Å². The first kappa shape index (κ1) is 22.2. The molecule has 0 aliphatic heterocycles. The van der Waals surface area contributed by atoms with Crippen LogP contribution in [0.3, 0.4) is 0 Å². The topological polar surface area (TPSA) is 44.1 Å². The fraction of sp³-hybridized carbons (Fsp3) is 0.478. The number of benzene rings is 1. The number of aromatic nitrogens is 2. The second-order valence-corrected chi connectivity index (χ2v) is 7.74. The van der Waals surface area contributed by atoms with E-state index in [4.69, 9.17) is 16.3 Å². The largest absolute Gasteiger partial charge is 0.477 e. The predicted molar refractivity (Wildman–Crippen MR) is 116 cm³/mol. The van der Waals surface area contributed by atoms with Gasteiger partial charge >= 0.3 is 0 Å². The molecule has 2 aromatic rings. The normalized spacial score (nSPS) is 10.8. The maximum absolute atomic E-state index is 13.4. The first-order valence-electron chi connectivity index (χ1n) is 10.00. The molecule has 0 amide bonds. The number of hydrogen-bond donors (Lipinski definition) is 0. The standard InChI is InChI=1S/C23H31ClN2O2/c1-7-9-12-26-23(28-13-8-2)19(14-25-26)22(27)18-10-11-20(24)21(17(18)6)16(5)15(3)4/h10-11,14H,7-9,12-13H2,1-6H3. The SMILES string of the molecule is CCCCn1ncc(C(=O)c2ccc(Cl)c(C(C)=C(C)C)c2C)c1OCCC. The highest BCUT2D eigenvalue weighted by Gasteiger charge is 2.23. The molecule has 0 bridgehead atoms. The van der Waals surface area contributed by atoms with Crippen LogP contribution in [0.1, 0.15) is 80.9 Å². The average Bonchev–Trinajstić information content (AvgIpc) is 3.06. The fourth-order valence-corrected chi connectivity index (χ4v) is 3.47. The monoisotopic (exact) mass is 402 g/mol. The third-order valence-electron chi connectivity index (χ3n) is 4.99. The Kier molecular flexibility index (Phi) is 7.88. The van der Waals surface area contributed by atoms with Crippen molar-refractivity contribution in [3.63, 3.8) is 0 Å². The summed E-state index contributed by atoms with van der Waals surface area (Å²) in [6, 6.07) is 3.60. The average molecular weight is 403 g/mol. The zero-order valence-electron chi connectivity index (χ0n) is 17.9. The van der Waals surface area contributed by atoms with Gasteiger partial charge in [0.25, 0.3) is 0 Å². The number of aryl methyl sites for hydroxylation is 1. The Morgan fingerprint density at radius 3 is 2.46 bits per heavy atom. The van der Waals surface area contributed by atoms with Gasteiger partial charge in [0.15, 0.2) is 5.78 Å². The lowest BCUT2D eigenvalue weighted by Crippen LogP contribution is -2.11. The summed E-state index contributed by atoms with van der Waals surface area (Å²) in [4.78, 5) is 13.4. The molecule has 5 heteroatoms. The molecule has 0 saturated heterocycles. The first-order valence-corrected chi connectivity index (χ1v) is 10.4. The van der Waals surface area contributed by atoms with Crippen molar-refractivity contribution in [1.82, 2.24) is 9.78 Å². The van der Waals surface area contributed by atoms with Gasteiger partial charge in [0, 0.05) is 17.1 Å². The maximum Gasteiger partial charge on any atom is 0.223 e. The van der Waals surface area contributed by atoms with E-state index in [1.807, 2.05) is 34.6 Å². The van der Waals surface area contributed by atoms with Crippen molar-refractivity contribution in [2.24, 2.45) is 0 Å². The molecule has 0 N–H and O–H groups in total. The summed E-state index contributed by atoms with van der Waals surface area (Å²) in [6.45, 7) is 13.6. The molecule has 2 rings (SSSR count). The summed E-state index contributed by atoms with van der Waals surface area (Å²) in [5, 5.41) is 5.08. The minimum atomic E-state index is -0.0779. The molecule has 0 unspecified atom stereocenters. The van der Waals surface area contributed by atoms with Gasteiger partial charge in [-0.15, -0.1) is 0 Å². The minimum Gasteiger partial charge on any atom is -0.477 e. The van der Waals surface area contributed by atoms with Crippen LogP contribution in [-0.2, 0) is 6.54 Å². The third kappa shape index (κ3) is 4.67. The molecule has 1 aromatic carbocycles. The van der Waals surface area contributed by atoms with Gasteiger partial charge in [0.05, 0.1) is 12.8 Å². The molecule has 0 saturated carbocycles. The summed E-state index contributed by atoms with van der Waals surface area (Å²) in [5.74, 6) is 0.487. The Morgan fingerprint density at radius 2 is 1.86 bits per heavy atom. The van der Waals surface area contributed by atoms with E-state index in [1.54, 1.807) is 23.0 Å². The number of rotatable bonds is 9. The smallest absolute Gasteiger partial charge is 0.223 e. The van der Waals surface area contributed by atoms with E-state index < -0.39 is 0 Å². The zero-order chi connectivity index (χ0) is 20.8. The molecule has 0 aliphatic rings. The Labute approximate surface area is 173 Å². The Bertz CT molecular complexity index is 877. The Hall–Kier alpha value is -2.07. The third-order valence-corrected chi connectivity index (χ3v) is 5.30. The molecule has 0 atom stereocenters. The highest BCUT2D eigenvalue weighted by Crippen LogP contribution is 2.33. The van der Waals surface area contributed by atoms with Gasteiger partial charge in [0.1, 0.15) is 5.56 Å². The molecule has 0 aliphatic carbocycles. The number of hydrogen-bond acceptors (Lipinski definition) is 3. The van der Waals surface area contributed by atoms with Crippen LogP contribution in [0, 0.1) is 6.92 Å². The van der Waals surface area contributed by atoms with Crippen LogP contribution in [0.15, 0.2) is 23.9 Å². The second-order valence-electron chi connectivity index (χ2n) is 7.34. The van der Waals surface area contributed by atoms with E-state index in [0.29, 0.717) is 28.6 Å². The van der Waals surface area contributed by atoms with E-state index >= 15 is 0 Å². The molecule has 28 heavy (non-hydrogen) atoms. The number of carbonyl (C=O) groups excluding carboxylic acids is 1. The van der Waals surface area contributed by atoms with Gasteiger partial charge in [-0.25, -0.2) is 4.68 Å². The van der Waals surface area contributed by atoms with Crippen LogP contribution in [0.4, 0.5) is 0 Å². The number of ether oxygens (including phenoxy) is 1. The number of allylic oxidation sites excluding steroid dienone is 2. The number of nitrogens with zero attached hydrogens (tertiary/aromatic N) is 2. The quantitative estimate of drug-likeness (QED) is 0.451. The van der Waals surface area contributed by atoms with E-state index in [0.717, 1.165) is 42.5 Å². The van der Waals surface area contributed by atoms with Gasteiger partial charge < -0.3 is 4.74 Å². The van der Waals surface area contributed by atoms with Crippen molar-refractivity contribution >= 4 is 23.0 Å². The summed E-state index contributed by atoms with van der Waals surface area (Å²) >= 11 is 6.47. The van der Waals surface area contributed by atoms with E-state index in [9.17, 15) is 4.79 Å². The van der Waals surface area contributed by atoms with Crippen LogP contribution in [0.25, 0.3) is 5.57 Å². The molecular weight excluding hydrogens is 372 g/mol. The van der Waals surface area contributed by atoms with Crippen molar-refractivity contribution in [3.8, 4) is 5.88 Å². The van der Waals surface area contributed by atoms with Gasteiger partial charge in [0.2, 0.25) is 5.88 Å². The van der Waals surface area contributed by atoms with Crippen LogP contribution in [-0.4, -0.2) is 22.2 Å². The lowest BCUT2D eigenvalue weighted by Gasteiger charge is -2.15. The van der Waals surface area contributed by atoms with Gasteiger partial charge in [-0.05, 0) is 69.4 Å². The number of halogens is 1. The minimum absolute atomic E-state index is 0.0779. The van der Waals surface area contributed by atoms with Crippen LogP contribution < -0.4 is 4.74 Å². The first-order chi connectivity index (χ1) is 13.3. The maximum atomic E-state index is 13.4. The van der Waals surface area contributed by atoms with E-state index in [2.05, 4.69) is 12.0 Å². The molecule has 152 valence electrons. The highest BCUT2D eigenvalue weighted by molar-refractivity contribution is 6.32. The molecule has 0 spiro atoms. The molecule has 0 fully saturated rings. The van der Waals surface area contributed by atoms with Crippen molar-refractivity contribution in [1.29, 1.82) is 0 Å². The molecule has 1 aromatic heterocycles. The van der Waals surface area contributed by atoms with Crippen LogP contribution in [0.2, 0.25) is 5.02 Å². The summed E-state index contributed by atoms with van der Waals surface area (Å²) in [5.41, 5.74) is 5.24. The highest BCUT2D eigenvalue weighted by atomic mass is 35.5. The molecular formula is C23H31ClN2O2. The Balaban J connectivity index is 2.53. The summed E-state index contributed by atoms with van der Waals surface area (Å²) in [7, 11) is 0. The van der Waals surface area contributed by atoms with Crippen molar-refractivity contribution in [2.45, 2.75) is 67.3 Å². The van der Waals surface area contributed by atoms with Crippen LogP contribution >= 0.6 is 11.6 Å². The zero-order valence-corrected chi connectivity index (χ0v) is 18.6. The molecule has 0 radical (unpaired) electrons. The van der Waals surface area contributed by atoms with E-state index in [-0.39, 0.29) is 5.78 Å². The fourth-order valence-electron chi connectivity index (χ4n) is 3.13. The molecule has 4 nitrogen and oxygen atoms in total. The predicted octanol–water partition coefficient (Wildman–Crippen LogP) is 6.48. The lowest BCUT2D eigenvalue weighted by molar-refractivity contribution is 0.103. The van der Waals surface area contributed by atoms with Gasteiger partial charge in [-0.3, -0.25) is 4.79 Å². The number of ketones is 1. The van der Waals surface area contributed by atoms with Gasteiger partial charge in [-0.2, -0.15) is 5.10 Å².